The summed E-state index contributed by atoms with van der Waals surface area (Å²) < 4.78 is 45.0. The van der Waals surface area contributed by atoms with Crippen LogP contribution < -0.4 is 9.64 Å². The molecular formula is C19H24F3N3O. The summed E-state index contributed by atoms with van der Waals surface area (Å²) in [5.41, 5.74) is 0.877. The highest BCUT2D eigenvalue weighted by atomic mass is 19.4. The van der Waals surface area contributed by atoms with Crippen LogP contribution in [0.25, 0.3) is 0 Å². The second-order valence-corrected chi connectivity index (χ2v) is 6.19. The molecule has 142 valence electrons. The molecule has 0 aliphatic rings. The van der Waals surface area contributed by atoms with E-state index < -0.39 is 17.6 Å². The van der Waals surface area contributed by atoms with E-state index in [-0.39, 0.29) is 12.6 Å². The van der Waals surface area contributed by atoms with Crippen molar-refractivity contribution >= 4 is 11.6 Å². The number of ether oxygens (including phenoxy) is 1. The van der Waals surface area contributed by atoms with Gasteiger partial charge in [0.1, 0.15) is 5.56 Å². The van der Waals surface area contributed by atoms with Gasteiger partial charge < -0.3 is 9.64 Å². The molecule has 0 unspecified atom stereocenters. The zero-order chi connectivity index (χ0) is 19.2. The number of anilines is 2. The monoisotopic (exact) mass is 367 g/mol. The summed E-state index contributed by atoms with van der Waals surface area (Å²) in [7, 11) is 1.71. The second-order valence-electron chi connectivity index (χ2n) is 6.19. The Morgan fingerprint density at radius 3 is 2.58 bits per heavy atom. The van der Waals surface area contributed by atoms with Crippen LogP contribution in [-0.2, 0) is 6.18 Å². The van der Waals surface area contributed by atoms with Gasteiger partial charge in [0.15, 0.2) is 0 Å². The van der Waals surface area contributed by atoms with Crippen molar-refractivity contribution in [3.05, 3.63) is 41.6 Å². The van der Waals surface area contributed by atoms with Crippen LogP contribution in [0.4, 0.5) is 24.8 Å². The molecule has 0 atom stereocenters. The molecule has 0 aliphatic carbocycles. The molecule has 0 bridgehead atoms. The van der Waals surface area contributed by atoms with E-state index >= 15 is 0 Å². The van der Waals surface area contributed by atoms with E-state index in [1.807, 2.05) is 31.2 Å². The van der Waals surface area contributed by atoms with Crippen LogP contribution in [0.2, 0.25) is 0 Å². The minimum absolute atomic E-state index is 0.159. The van der Waals surface area contributed by atoms with Crippen LogP contribution in [0, 0.1) is 6.92 Å². The van der Waals surface area contributed by atoms with E-state index in [0.29, 0.717) is 6.42 Å². The predicted octanol–water partition coefficient (Wildman–Crippen LogP) is 5.53. The van der Waals surface area contributed by atoms with Gasteiger partial charge in [-0.25, -0.2) is 4.98 Å². The lowest BCUT2D eigenvalue weighted by Gasteiger charge is -2.20. The zero-order valence-electron chi connectivity index (χ0n) is 15.3. The summed E-state index contributed by atoms with van der Waals surface area (Å²) in [6, 6.07) is 7.57. The number of hydrogen-bond donors (Lipinski definition) is 0. The average molecular weight is 367 g/mol. The molecule has 0 saturated carbocycles. The first kappa shape index (κ1) is 20.0. The molecule has 0 fully saturated rings. The molecule has 1 heterocycles. The highest BCUT2D eigenvalue weighted by molar-refractivity contribution is 5.57. The van der Waals surface area contributed by atoms with Gasteiger partial charge in [0.25, 0.3) is 0 Å². The molecule has 0 N–H and O–H groups in total. The molecule has 0 aliphatic heterocycles. The Hall–Kier alpha value is -2.31. The summed E-state index contributed by atoms with van der Waals surface area (Å²) in [5, 5.41) is 0. The maximum absolute atomic E-state index is 13.2. The fraction of sp³-hybridized carbons (Fsp3) is 0.474. The largest absolute Gasteiger partial charge is 0.477 e. The Kier molecular flexibility index (Phi) is 6.83. The van der Waals surface area contributed by atoms with Crippen LogP contribution in [0.5, 0.6) is 5.88 Å². The Morgan fingerprint density at radius 2 is 1.92 bits per heavy atom. The molecule has 26 heavy (non-hydrogen) atoms. The lowest BCUT2D eigenvalue weighted by Crippen LogP contribution is -2.17. The fourth-order valence-corrected chi connectivity index (χ4v) is 2.47. The molecule has 0 spiro atoms. The first-order chi connectivity index (χ1) is 12.3. The lowest BCUT2D eigenvalue weighted by molar-refractivity contribution is -0.139. The second kappa shape index (κ2) is 8.87. The van der Waals surface area contributed by atoms with Gasteiger partial charge in [-0.05, 0) is 31.0 Å². The van der Waals surface area contributed by atoms with Crippen LogP contribution in [0.1, 0.15) is 43.7 Å². The SMILES string of the molecule is CCCCCCOc1nc(N(C)c2cccc(C)c2)ncc1C(F)(F)F. The first-order valence-electron chi connectivity index (χ1n) is 8.70. The summed E-state index contributed by atoms with van der Waals surface area (Å²) >= 11 is 0. The Morgan fingerprint density at radius 1 is 1.15 bits per heavy atom. The molecular weight excluding hydrogens is 343 g/mol. The molecule has 1 aromatic carbocycles. The molecule has 0 radical (unpaired) electrons. The summed E-state index contributed by atoms with van der Waals surface area (Å²) in [5.74, 6) is -0.259. The van der Waals surface area contributed by atoms with E-state index in [9.17, 15) is 13.2 Å². The van der Waals surface area contributed by atoms with E-state index in [1.54, 1.807) is 11.9 Å². The maximum Gasteiger partial charge on any atom is 0.423 e. The van der Waals surface area contributed by atoms with Crippen molar-refractivity contribution in [2.45, 2.75) is 45.7 Å². The molecule has 2 rings (SSSR count). The third kappa shape index (κ3) is 5.34. The van der Waals surface area contributed by atoms with Crippen molar-refractivity contribution in [2.24, 2.45) is 0 Å². The number of aromatic nitrogens is 2. The average Bonchev–Trinajstić information content (AvgIpc) is 2.60. The maximum atomic E-state index is 13.2. The molecule has 1 aromatic heterocycles. The first-order valence-corrected chi connectivity index (χ1v) is 8.70. The number of alkyl halides is 3. The van der Waals surface area contributed by atoms with Gasteiger partial charge >= 0.3 is 6.18 Å². The van der Waals surface area contributed by atoms with Crippen LogP contribution >= 0.6 is 0 Å². The Balaban J connectivity index is 2.24. The molecule has 2 aromatic rings. The van der Waals surface area contributed by atoms with Crippen LogP contribution in [0.15, 0.2) is 30.5 Å². The zero-order valence-corrected chi connectivity index (χ0v) is 15.3. The van der Waals surface area contributed by atoms with E-state index in [1.165, 1.54) is 0 Å². The van der Waals surface area contributed by atoms with Crippen molar-refractivity contribution in [3.63, 3.8) is 0 Å². The normalized spacial score (nSPS) is 11.5. The van der Waals surface area contributed by atoms with Crippen LogP contribution in [-0.4, -0.2) is 23.6 Å². The number of halogens is 3. The van der Waals surface area contributed by atoms with Gasteiger partial charge in [0.2, 0.25) is 11.8 Å². The van der Waals surface area contributed by atoms with Crippen molar-refractivity contribution in [2.75, 3.05) is 18.6 Å². The number of unbranched alkanes of at least 4 members (excludes halogenated alkanes) is 3. The predicted molar refractivity (Wildman–Crippen MR) is 95.9 cm³/mol. The van der Waals surface area contributed by atoms with Gasteiger partial charge in [-0.2, -0.15) is 18.2 Å². The van der Waals surface area contributed by atoms with E-state index in [2.05, 4.69) is 16.9 Å². The summed E-state index contributed by atoms with van der Waals surface area (Å²) in [6.45, 7) is 4.21. The number of benzene rings is 1. The molecule has 7 heteroatoms. The fourth-order valence-electron chi connectivity index (χ4n) is 2.47. The van der Waals surface area contributed by atoms with E-state index in [4.69, 9.17) is 4.74 Å². The summed E-state index contributed by atoms with van der Waals surface area (Å²) in [6.07, 6.45) is -0.0836. The summed E-state index contributed by atoms with van der Waals surface area (Å²) in [4.78, 5) is 9.56. The number of rotatable bonds is 8. The number of aryl methyl sites for hydroxylation is 1. The van der Waals surface area contributed by atoms with Gasteiger partial charge in [0, 0.05) is 18.9 Å². The molecule has 4 nitrogen and oxygen atoms in total. The van der Waals surface area contributed by atoms with E-state index in [0.717, 1.165) is 36.7 Å². The van der Waals surface area contributed by atoms with Crippen molar-refractivity contribution in [3.8, 4) is 5.88 Å². The molecule has 0 amide bonds. The topological polar surface area (TPSA) is 38.2 Å². The highest BCUT2D eigenvalue weighted by Gasteiger charge is 2.36. The Bertz CT molecular complexity index is 719. The van der Waals surface area contributed by atoms with Crippen LogP contribution in [0.3, 0.4) is 0 Å². The number of nitrogens with zero attached hydrogens (tertiary/aromatic N) is 3. The Labute approximate surface area is 152 Å². The molecule has 0 saturated heterocycles. The lowest BCUT2D eigenvalue weighted by atomic mass is 10.2. The van der Waals surface area contributed by atoms with Crippen molar-refractivity contribution < 1.29 is 17.9 Å². The van der Waals surface area contributed by atoms with Crippen molar-refractivity contribution in [1.82, 2.24) is 9.97 Å². The van der Waals surface area contributed by atoms with Gasteiger partial charge in [-0.15, -0.1) is 0 Å². The van der Waals surface area contributed by atoms with Gasteiger partial charge in [-0.3, -0.25) is 0 Å². The van der Waals surface area contributed by atoms with Crippen molar-refractivity contribution in [1.29, 1.82) is 0 Å². The smallest absolute Gasteiger partial charge is 0.423 e. The minimum Gasteiger partial charge on any atom is -0.477 e. The quantitative estimate of drug-likeness (QED) is 0.575. The standard InChI is InChI=1S/C19H24F3N3O/c1-4-5-6-7-11-26-17-16(19(20,21)22)13-23-18(24-17)25(3)15-10-8-9-14(2)12-15/h8-10,12-13H,4-7,11H2,1-3H3. The third-order valence-electron chi connectivity index (χ3n) is 3.97. The van der Waals surface area contributed by atoms with Gasteiger partial charge in [0.05, 0.1) is 6.61 Å². The van der Waals surface area contributed by atoms with Gasteiger partial charge in [-0.1, -0.05) is 38.3 Å². The minimum atomic E-state index is -4.56. The number of hydrogen-bond acceptors (Lipinski definition) is 4. The highest BCUT2D eigenvalue weighted by Crippen LogP contribution is 2.36. The third-order valence-corrected chi connectivity index (χ3v) is 3.97.